The lowest BCUT2D eigenvalue weighted by Crippen LogP contribution is -1.71. The zero-order chi connectivity index (χ0) is 11.7. The molecule has 0 spiro atoms. The maximum atomic E-state index is 9.12. The number of rotatable bonds is 2. The van der Waals surface area contributed by atoms with Gasteiger partial charge in [0.15, 0.2) is 0 Å². The van der Waals surface area contributed by atoms with Crippen molar-refractivity contribution in [2.45, 2.75) is 0 Å². The summed E-state index contributed by atoms with van der Waals surface area (Å²) < 4.78 is 10.6. The molecule has 0 aromatic carbocycles. The molecule has 0 unspecified atom stereocenters. The molecule has 3 nitrogen and oxygen atoms in total. The first-order valence-corrected chi connectivity index (χ1v) is 5.82. The van der Waals surface area contributed by atoms with Crippen molar-refractivity contribution in [3.8, 4) is 28.0 Å². The van der Waals surface area contributed by atoms with Crippen molar-refractivity contribution in [3.63, 3.8) is 0 Å². The maximum absolute atomic E-state index is 9.12. The van der Waals surface area contributed by atoms with Crippen LogP contribution in [0, 0.1) is 11.3 Å². The zero-order valence-corrected chi connectivity index (χ0v) is 9.53. The van der Waals surface area contributed by atoms with Crippen molar-refractivity contribution in [2.24, 2.45) is 0 Å². The molecular formula is C13H7NO2S. The topological polar surface area (TPSA) is 50.1 Å². The highest BCUT2D eigenvalue weighted by molar-refractivity contribution is 7.16. The van der Waals surface area contributed by atoms with Crippen LogP contribution in [0.3, 0.4) is 0 Å². The van der Waals surface area contributed by atoms with Gasteiger partial charge < -0.3 is 8.83 Å². The predicted octanol–water partition coefficient (Wildman–Crippen LogP) is 4.14. The number of hydrogen-bond acceptors (Lipinski definition) is 4. The third-order valence-electron chi connectivity index (χ3n) is 2.38. The Labute approximate surface area is 102 Å². The molecule has 0 aliphatic heterocycles. The van der Waals surface area contributed by atoms with Gasteiger partial charge in [0.2, 0.25) is 0 Å². The van der Waals surface area contributed by atoms with Crippen LogP contribution < -0.4 is 0 Å². The summed E-state index contributed by atoms with van der Waals surface area (Å²) in [4.78, 5) is 1.56. The lowest BCUT2D eigenvalue weighted by atomic mass is 10.2. The minimum atomic E-state index is 0.631. The van der Waals surface area contributed by atoms with Crippen LogP contribution in [0.2, 0.25) is 0 Å². The summed E-state index contributed by atoms with van der Waals surface area (Å²) in [6.07, 6.45) is 3.22. The molecule has 3 aromatic rings. The molecule has 0 N–H and O–H groups in total. The molecule has 0 amide bonds. The lowest BCUT2D eigenvalue weighted by Gasteiger charge is -1.90. The summed E-state index contributed by atoms with van der Waals surface area (Å²) in [6, 6.07) is 11.4. The second-order valence-electron chi connectivity index (χ2n) is 3.42. The Morgan fingerprint density at radius 1 is 1.06 bits per heavy atom. The number of nitriles is 1. The maximum Gasteiger partial charge on any atom is 0.143 e. The minimum Gasteiger partial charge on any atom is -0.464 e. The molecule has 0 aliphatic rings. The Kier molecular flexibility index (Phi) is 2.32. The van der Waals surface area contributed by atoms with Crippen LogP contribution >= 0.6 is 11.3 Å². The van der Waals surface area contributed by atoms with Crippen molar-refractivity contribution in [3.05, 3.63) is 47.7 Å². The highest BCUT2D eigenvalue weighted by Gasteiger charge is 2.15. The number of hydrogen-bond donors (Lipinski definition) is 0. The molecule has 0 aliphatic carbocycles. The molecule has 3 heterocycles. The Morgan fingerprint density at radius 3 is 2.35 bits per heavy atom. The van der Waals surface area contributed by atoms with Gasteiger partial charge in [-0.25, -0.2) is 0 Å². The summed E-state index contributed by atoms with van der Waals surface area (Å²) in [5.41, 5.74) is 0.814. The fourth-order valence-corrected chi connectivity index (χ4v) is 2.56. The Balaban J connectivity index is 2.15. The Morgan fingerprint density at radius 2 is 1.76 bits per heavy atom. The second kappa shape index (κ2) is 3.96. The van der Waals surface area contributed by atoms with E-state index >= 15 is 0 Å². The molecule has 17 heavy (non-hydrogen) atoms. The molecule has 0 atom stereocenters. The van der Waals surface area contributed by atoms with Crippen LogP contribution in [-0.4, -0.2) is 0 Å². The van der Waals surface area contributed by atoms with Gasteiger partial charge in [-0.2, -0.15) is 5.26 Å². The average Bonchev–Trinajstić information content (AvgIpc) is 3.09. The van der Waals surface area contributed by atoms with Gasteiger partial charge in [-0.15, -0.1) is 11.3 Å². The van der Waals surface area contributed by atoms with Crippen molar-refractivity contribution in [1.29, 1.82) is 5.26 Å². The van der Waals surface area contributed by atoms with E-state index < -0.39 is 0 Å². The number of thiophene rings is 1. The number of nitrogens with zero attached hydrogens (tertiary/aromatic N) is 1. The van der Waals surface area contributed by atoms with Crippen molar-refractivity contribution < 1.29 is 8.83 Å². The predicted molar refractivity (Wildman–Crippen MR) is 64.4 cm³/mol. The first-order valence-electron chi connectivity index (χ1n) is 5.00. The summed E-state index contributed by atoms with van der Waals surface area (Å²) in [6.45, 7) is 0. The van der Waals surface area contributed by atoms with Crippen LogP contribution in [-0.2, 0) is 0 Å². The lowest BCUT2D eigenvalue weighted by molar-refractivity contribution is 0.581. The number of furan rings is 2. The van der Waals surface area contributed by atoms with Gasteiger partial charge >= 0.3 is 0 Å². The fraction of sp³-hybridized carbons (Fsp3) is 0. The standard InChI is InChI=1S/C13H7NO2S/c14-8-13-9(10-3-1-5-15-10)7-12(17-13)11-4-2-6-16-11/h1-7H. The highest BCUT2D eigenvalue weighted by Crippen LogP contribution is 2.37. The summed E-state index contributed by atoms with van der Waals surface area (Å²) in [7, 11) is 0. The second-order valence-corrected chi connectivity index (χ2v) is 4.47. The largest absolute Gasteiger partial charge is 0.464 e. The van der Waals surface area contributed by atoms with Crippen LogP contribution in [0.25, 0.3) is 22.0 Å². The molecular weight excluding hydrogens is 234 g/mol. The summed E-state index contributed by atoms with van der Waals surface area (Å²) in [5.74, 6) is 1.47. The highest BCUT2D eigenvalue weighted by atomic mass is 32.1. The van der Waals surface area contributed by atoms with Gasteiger partial charge in [-0.1, -0.05) is 0 Å². The molecule has 0 bridgehead atoms. The van der Waals surface area contributed by atoms with Gasteiger partial charge in [0.1, 0.15) is 22.5 Å². The Hall–Kier alpha value is -2.25. The third-order valence-corrected chi connectivity index (χ3v) is 3.44. The van der Waals surface area contributed by atoms with Crippen molar-refractivity contribution >= 4 is 11.3 Å². The van der Waals surface area contributed by atoms with E-state index in [0.29, 0.717) is 10.6 Å². The van der Waals surface area contributed by atoms with Crippen LogP contribution in [0.4, 0.5) is 0 Å². The quantitative estimate of drug-likeness (QED) is 0.677. The SMILES string of the molecule is N#Cc1sc(-c2ccco2)cc1-c1ccco1. The first-order chi connectivity index (χ1) is 8.38. The van der Waals surface area contributed by atoms with Gasteiger partial charge in [-0.05, 0) is 30.3 Å². The molecule has 82 valence electrons. The summed E-state index contributed by atoms with van der Waals surface area (Å²) in [5, 5.41) is 9.12. The first kappa shape index (κ1) is 9.94. The average molecular weight is 241 g/mol. The van der Waals surface area contributed by atoms with Crippen molar-refractivity contribution in [1.82, 2.24) is 0 Å². The van der Waals surface area contributed by atoms with Gasteiger partial charge in [0.05, 0.1) is 17.4 Å². The molecule has 3 aromatic heterocycles. The van der Waals surface area contributed by atoms with E-state index in [4.69, 9.17) is 14.1 Å². The summed E-state index contributed by atoms with van der Waals surface area (Å²) >= 11 is 1.40. The fourth-order valence-electron chi connectivity index (χ4n) is 1.63. The molecule has 0 saturated carbocycles. The van der Waals surface area contributed by atoms with Crippen molar-refractivity contribution in [2.75, 3.05) is 0 Å². The smallest absolute Gasteiger partial charge is 0.143 e. The van der Waals surface area contributed by atoms with E-state index in [2.05, 4.69) is 6.07 Å². The van der Waals surface area contributed by atoms with E-state index in [-0.39, 0.29) is 0 Å². The van der Waals surface area contributed by atoms with E-state index in [0.717, 1.165) is 16.2 Å². The molecule has 0 radical (unpaired) electrons. The van der Waals surface area contributed by atoms with E-state index in [9.17, 15) is 0 Å². The Bertz CT molecular complexity index is 657. The van der Waals surface area contributed by atoms with Crippen LogP contribution in [0.5, 0.6) is 0 Å². The van der Waals surface area contributed by atoms with Gasteiger partial charge in [-0.3, -0.25) is 0 Å². The van der Waals surface area contributed by atoms with Gasteiger partial charge in [0.25, 0.3) is 0 Å². The normalized spacial score (nSPS) is 10.3. The molecule has 4 heteroatoms. The molecule has 0 saturated heterocycles. The van der Waals surface area contributed by atoms with Crippen LogP contribution in [0.1, 0.15) is 4.88 Å². The minimum absolute atomic E-state index is 0.631. The monoisotopic (exact) mass is 241 g/mol. The zero-order valence-electron chi connectivity index (χ0n) is 8.71. The van der Waals surface area contributed by atoms with Crippen LogP contribution in [0.15, 0.2) is 51.7 Å². The molecule has 3 rings (SSSR count). The molecule has 0 fully saturated rings. The van der Waals surface area contributed by atoms with Gasteiger partial charge in [0, 0.05) is 5.56 Å². The van der Waals surface area contributed by atoms with E-state index in [1.807, 2.05) is 24.3 Å². The van der Waals surface area contributed by atoms with E-state index in [1.165, 1.54) is 11.3 Å². The third kappa shape index (κ3) is 1.67. The van der Waals surface area contributed by atoms with E-state index in [1.54, 1.807) is 18.6 Å².